The van der Waals surface area contributed by atoms with E-state index in [1.807, 2.05) is 9.80 Å². The predicted octanol–water partition coefficient (Wildman–Crippen LogP) is -0.508. The van der Waals surface area contributed by atoms with Crippen molar-refractivity contribution in [3.05, 3.63) is 0 Å². The first kappa shape index (κ1) is 15.3. The molecule has 2 aliphatic rings. The summed E-state index contributed by atoms with van der Waals surface area (Å²) < 4.78 is 0. The fraction of sp³-hybridized carbons (Fsp3) is 0.857. The van der Waals surface area contributed by atoms with Crippen LogP contribution in [0.5, 0.6) is 0 Å². The van der Waals surface area contributed by atoms with Gasteiger partial charge in [0.25, 0.3) is 0 Å². The number of carbonyl (C=O) groups is 2. The van der Waals surface area contributed by atoms with E-state index in [2.05, 4.69) is 4.90 Å². The van der Waals surface area contributed by atoms with Crippen LogP contribution in [-0.4, -0.2) is 78.9 Å². The summed E-state index contributed by atoms with van der Waals surface area (Å²) in [7, 11) is 0. The van der Waals surface area contributed by atoms with Crippen molar-refractivity contribution in [2.75, 3.05) is 52.4 Å². The van der Waals surface area contributed by atoms with Crippen molar-refractivity contribution in [2.24, 2.45) is 5.73 Å². The van der Waals surface area contributed by atoms with Gasteiger partial charge >= 0.3 is 0 Å². The van der Waals surface area contributed by atoms with Gasteiger partial charge in [0, 0.05) is 52.2 Å². The van der Waals surface area contributed by atoms with Gasteiger partial charge in [0.15, 0.2) is 0 Å². The minimum Gasteiger partial charge on any atom is -0.342 e. The Labute approximate surface area is 120 Å². The molecule has 0 unspecified atom stereocenters. The molecular weight excluding hydrogens is 256 g/mol. The van der Waals surface area contributed by atoms with Crippen LogP contribution in [0.1, 0.15) is 25.7 Å². The van der Waals surface area contributed by atoms with Crippen molar-refractivity contribution in [3.8, 4) is 0 Å². The monoisotopic (exact) mass is 282 g/mol. The standard InChI is InChI=1S/C14H26N4O2/c15-5-4-13(19)18-10-8-16(9-11-18)12-14(20)17-6-2-1-3-7-17/h1-12,15H2. The summed E-state index contributed by atoms with van der Waals surface area (Å²) in [4.78, 5) is 29.9. The van der Waals surface area contributed by atoms with E-state index in [1.165, 1.54) is 6.42 Å². The van der Waals surface area contributed by atoms with E-state index in [1.54, 1.807) is 0 Å². The Morgan fingerprint density at radius 2 is 1.40 bits per heavy atom. The normalized spacial score (nSPS) is 21.1. The SMILES string of the molecule is NCCC(=O)N1CCN(CC(=O)N2CCCCC2)CC1. The lowest BCUT2D eigenvalue weighted by atomic mass is 10.1. The molecule has 0 aromatic rings. The van der Waals surface area contributed by atoms with Gasteiger partial charge in [0.2, 0.25) is 11.8 Å². The quantitative estimate of drug-likeness (QED) is 0.754. The number of rotatable bonds is 4. The minimum absolute atomic E-state index is 0.134. The van der Waals surface area contributed by atoms with Gasteiger partial charge in [-0.15, -0.1) is 0 Å². The van der Waals surface area contributed by atoms with E-state index in [9.17, 15) is 9.59 Å². The van der Waals surface area contributed by atoms with Crippen LogP contribution in [0.2, 0.25) is 0 Å². The second-order valence-electron chi connectivity index (χ2n) is 5.64. The molecule has 2 N–H and O–H groups in total. The second-order valence-corrected chi connectivity index (χ2v) is 5.64. The van der Waals surface area contributed by atoms with E-state index in [-0.39, 0.29) is 11.8 Å². The fourth-order valence-corrected chi connectivity index (χ4v) is 2.87. The molecule has 0 aliphatic carbocycles. The van der Waals surface area contributed by atoms with Crippen LogP contribution in [-0.2, 0) is 9.59 Å². The number of piperidine rings is 1. The third-order valence-electron chi connectivity index (χ3n) is 4.15. The maximum Gasteiger partial charge on any atom is 0.236 e. The zero-order valence-electron chi connectivity index (χ0n) is 12.2. The first-order valence-electron chi connectivity index (χ1n) is 7.68. The Hall–Kier alpha value is -1.14. The molecular formula is C14H26N4O2. The summed E-state index contributed by atoms with van der Waals surface area (Å²) in [6, 6.07) is 0. The van der Waals surface area contributed by atoms with E-state index < -0.39 is 0 Å². The highest BCUT2D eigenvalue weighted by Crippen LogP contribution is 2.10. The van der Waals surface area contributed by atoms with Crippen LogP contribution in [0.25, 0.3) is 0 Å². The summed E-state index contributed by atoms with van der Waals surface area (Å²) in [5.74, 6) is 0.376. The van der Waals surface area contributed by atoms with E-state index >= 15 is 0 Å². The largest absolute Gasteiger partial charge is 0.342 e. The molecule has 20 heavy (non-hydrogen) atoms. The van der Waals surface area contributed by atoms with Gasteiger partial charge < -0.3 is 15.5 Å². The number of piperazine rings is 1. The van der Waals surface area contributed by atoms with Gasteiger partial charge in [-0.05, 0) is 19.3 Å². The van der Waals surface area contributed by atoms with Gasteiger partial charge in [-0.3, -0.25) is 14.5 Å². The summed E-state index contributed by atoms with van der Waals surface area (Å²) in [5.41, 5.74) is 5.40. The number of carbonyl (C=O) groups excluding carboxylic acids is 2. The lowest BCUT2D eigenvalue weighted by Crippen LogP contribution is -2.52. The number of nitrogens with zero attached hydrogens (tertiary/aromatic N) is 3. The number of hydrogen-bond acceptors (Lipinski definition) is 4. The van der Waals surface area contributed by atoms with Crippen molar-refractivity contribution in [2.45, 2.75) is 25.7 Å². The molecule has 2 rings (SSSR count). The van der Waals surface area contributed by atoms with Crippen LogP contribution in [0, 0.1) is 0 Å². The molecule has 2 fully saturated rings. The number of likely N-dealkylation sites (tertiary alicyclic amines) is 1. The van der Waals surface area contributed by atoms with Gasteiger partial charge in [0.1, 0.15) is 0 Å². The van der Waals surface area contributed by atoms with Gasteiger partial charge in [-0.2, -0.15) is 0 Å². The van der Waals surface area contributed by atoms with Gasteiger partial charge in [-0.1, -0.05) is 0 Å². The fourth-order valence-electron chi connectivity index (χ4n) is 2.87. The van der Waals surface area contributed by atoms with E-state index in [4.69, 9.17) is 5.73 Å². The molecule has 0 bridgehead atoms. The topological polar surface area (TPSA) is 69.9 Å². The van der Waals surface area contributed by atoms with Gasteiger partial charge in [-0.25, -0.2) is 0 Å². The number of hydrogen-bond donors (Lipinski definition) is 1. The van der Waals surface area contributed by atoms with Crippen molar-refractivity contribution in [1.29, 1.82) is 0 Å². The maximum atomic E-state index is 12.2. The Bertz CT molecular complexity index is 334. The third-order valence-corrected chi connectivity index (χ3v) is 4.15. The average molecular weight is 282 g/mol. The molecule has 2 heterocycles. The average Bonchev–Trinajstić information content (AvgIpc) is 2.49. The van der Waals surface area contributed by atoms with Crippen LogP contribution in [0.3, 0.4) is 0 Å². The molecule has 0 saturated carbocycles. The summed E-state index contributed by atoms with van der Waals surface area (Å²) in [5, 5.41) is 0. The predicted molar refractivity (Wildman–Crippen MR) is 77.1 cm³/mol. The van der Waals surface area contributed by atoms with Crippen LogP contribution < -0.4 is 5.73 Å². The molecule has 2 amide bonds. The molecule has 6 nitrogen and oxygen atoms in total. The molecule has 0 spiro atoms. The van der Waals surface area contributed by atoms with E-state index in [0.717, 1.165) is 39.0 Å². The second kappa shape index (κ2) is 7.59. The molecule has 0 radical (unpaired) electrons. The Kier molecular flexibility index (Phi) is 5.79. The first-order chi connectivity index (χ1) is 9.70. The lowest BCUT2D eigenvalue weighted by molar-refractivity contribution is -0.135. The number of nitrogens with two attached hydrogens (primary N) is 1. The summed E-state index contributed by atoms with van der Waals surface area (Å²) in [6.07, 6.45) is 3.93. The molecule has 0 aromatic heterocycles. The molecule has 0 aromatic carbocycles. The Balaban J connectivity index is 1.71. The highest BCUT2D eigenvalue weighted by Gasteiger charge is 2.24. The van der Waals surface area contributed by atoms with Crippen LogP contribution in [0.15, 0.2) is 0 Å². The minimum atomic E-state index is 0.134. The third kappa shape index (κ3) is 4.18. The molecule has 114 valence electrons. The van der Waals surface area contributed by atoms with Crippen LogP contribution >= 0.6 is 0 Å². The maximum absolute atomic E-state index is 12.2. The highest BCUT2D eigenvalue weighted by atomic mass is 16.2. The van der Waals surface area contributed by atoms with Crippen molar-refractivity contribution >= 4 is 11.8 Å². The molecule has 6 heteroatoms. The Morgan fingerprint density at radius 1 is 0.800 bits per heavy atom. The zero-order valence-corrected chi connectivity index (χ0v) is 12.2. The smallest absolute Gasteiger partial charge is 0.236 e. The molecule has 0 atom stereocenters. The zero-order chi connectivity index (χ0) is 14.4. The number of amides is 2. The first-order valence-corrected chi connectivity index (χ1v) is 7.68. The lowest BCUT2D eigenvalue weighted by Gasteiger charge is -2.36. The highest BCUT2D eigenvalue weighted by molar-refractivity contribution is 5.78. The van der Waals surface area contributed by atoms with Crippen LogP contribution in [0.4, 0.5) is 0 Å². The van der Waals surface area contributed by atoms with Crippen molar-refractivity contribution < 1.29 is 9.59 Å². The summed E-state index contributed by atoms with van der Waals surface area (Å²) >= 11 is 0. The van der Waals surface area contributed by atoms with Crippen molar-refractivity contribution in [3.63, 3.8) is 0 Å². The van der Waals surface area contributed by atoms with E-state index in [0.29, 0.717) is 32.6 Å². The molecule has 2 saturated heterocycles. The van der Waals surface area contributed by atoms with Gasteiger partial charge in [0.05, 0.1) is 6.54 Å². The van der Waals surface area contributed by atoms with Crippen molar-refractivity contribution in [1.82, 2.24) is 14.7 Å². The Morgan fingerprint density at radius 3 is 2.00 bits per heavy atom. The molecule has 2 aliphatic heterocycles. The summed E-state index contributed by atoms with van der Waals surface area (Å²) in [6.45, 7) is 5.73.